The Morgan fingerprint density at radius 3 is 2.24 bits per heavy atom. The zero-order valence-electron chi connectivity index (χ0n) is 18.9. The topological polar surface area (TPSA) is 57.9 Å². The first kappa shape index (κ1) is 21.6. The van der Waals surface area contributed by atoms with Crippen LogP contribution in [0, 0.1) is 11.7 Å². The number of fused-ring (bicyclic) bond motifs is 1. The second-order valence-corrected chi connectivity index (χ2v) is 9.40. The largest absolute Gasteiger partial charge is 0.339 e. The van der Waals surface area contributed by atoms with Crippen LogP contribution in [0.3, 0.4) is 0 Å². The number of piperidine rings is 2. The number of amides is 2. The lowest BCUT2D eigenvalue weighted by Crippen LogP contribution is -2.38. The van der Waals surface area contributed by atoms with Crippen LogP contribution in [0.1, 0.15) is 64.8 Å². The molecule has 2 amide bonds. The number of likely N-dealkylation sites (tertiary alicyclic amines) is 2. The maximum absolute atomic E-state index is 13.2. The van der Waals surface area contributed by atoms with E-state index in [2.05, 4.69) is 24.2 Å². The van der Waals surface area contributed by atoms with E-state index in [-0.39, 0.29) is 17.6 Å². The zero-order valence-corrected chi connectivity index (χ0v) is 18.9. The van der Waals surface area contributed by atoms with Crippen molar-refractivity contribution in [3.63, 3.8) is 0 Å². The van der Waals surface area contributed by atoms with Crippen molar-refractivity contribution in [2.24, 2.45) is 5.92 Å². The lowest BCUT2D eigenvalue weighted by molar-refractivity contribution is 0.0695. The van der Waals surface area contributed by atoms with Crippen LogP contribution in [-0.4, -0.2) is 57.4 Å². The maximum atomic E-state index is 13.2. The van der Waals surface area contributed by atoms with E-state index in [4.69, 9.17) is 0 Å². The van der Waals surface area contributed by atoms with Crippen LogP contribution in [0.5, 0.6) is 0 Å². The van der Waals surface area contributed by atoms with Crippen molar-refractivity contribution in [3.8, 4) is 0 Å². The summed E-state index contributed by atoms with van der Waals surface area (Å²) in [6, 6.07) is 9.89. The van der Waals surface area contributed by atoms with Crippen LogP contribution in [0.4, 0.5) is 4.39 Å². The molecular formula is C26H29FN4O2. The van der Waals surface area contributed by atoms with Crippen LogP contribution < -0.4 is 0 Å². The van der Waals surface area contributed by atoms with Crippen LogP contribution in [0.25, 0.3) is 5.52 Å². The molecule has 0 atom stereocenters. The molecule has 2 aliphatic heterocycles. The number of hydrogen-bond donors (Lipinski definition) is 0. The standard InChI is InChI=1S/C26H29FN4O2/c1-18-6-11-30(12-7-18)26(33)23-17-28-31-15-10-21(16-24(23)31)19-8-13-29(14-9-19)25(32)20-2-4-22(27)5-3-20/h2-5,10,15-19H,6-9,11-14H2,1H3. The Kier molecular flexibility index (Phi) is 5.87. The molecule has 0 radical (unpaired) electrons. The van der Waals surface area contributed by atoms with E-state index < -0.39 is 0 Å². The van der Waals surface area contributed by atoms with E-state index in [0.29, 0.717) is 36.1 Å². The predicted octanol–water partition coefficient (Wildman–Crippen LogP) is 4.37. The van der Waals surface area contributed by atoms with Crippen molar-refractivity contribution < 1.29 is 14.0 Å². The van der Waals surface area contributed by atoms with E-state index >= 15 is 0 Å². The van der Waals surface area contributed by atoms with Gasteiger partial charge in [0.05, 0.1) is 17.3 Å². The quantitative estimate of drug-likeness (QED) is 0.598. The summed E-state index contributed by atoms with van der Waals surface area (Å²) in [6.07, 6.45) is 7.41. The fourth-order valence-electron chi connectivity index (χ4n) is 4.99. The Morgan fingerprint density at radius 2 is 1.55 bits per heavy atom. The van der Waals surface area contributed by atoms with Crippen LogP contribution >= 0.6 is 0 Å². The minimum absolute atomic E-state index is 0.0524. The summed E-state index contributed by atoms with van der Waals surface area (Å²) in [4.78, 5) is 29.7. The highest BCUT2D eigenvalue weighted by Gasteiger charge is 2.27. The smallest absolute Gasteiger partial charge is 0.257 e. The molecule has 2 aliphatic rings. The summed E-state index contributed by atoms with van der Waals surface area (Å²) in [6.45, 7) is 5.16. The molecule has 1 aromatic carbocycles. The summed E-state index contributed by atoms with van der Waals surface area (Å²) in [7, 11) is 0. The predicted molar refractivity (Wildman–Crippen MR) is 124 cm³/mol. The third-order valence-corrected chi connectivity index (χ3v) is 7.19. The number of carbonyl (C=O) groups excluding carboxylic acids is 2. The van der Waals surface area contributed by atoms with Crippen molar-refractivity contribution >= 4 is 17.3 Å². The number of nitrogens with zero attached hydrogens (tertiary/aromatic N) is 4. The maximum Gasteiger partial charge on any atom is 0.257 e. The van der Waals surface area contributed by atoms with E-state index in [1.807, 2.05) is 16.0 Å². The lowest BCUT2D eigenvalue weighted by Gasteiger charge is -2.32. The van der Waals surface area contributed by atoms with Crippen LogP contribution in [0.2, 0.25) is 0 Å². The molecule has 2 aromatic heterocycles. The van der Waals surface area contributed by atoms with Gasteiger partial charge >= 0.3 is 0 Å². The molecule has 0 bridgehead atoms. The minimum Gasteiger partial charge on any atom is -0.339 e. The summed E-state index contributed by atoms with van der Waals surface area (Å²) in [5.41, 5.74) is 3.21. The summed E-state index contributed by atoms with van der Waals surface area (Å²) >= 11 is 0. The number of hydrogen-bond acceptors (Lipinski definition) is 3. The van der Waals surface area contributed by atoms with Gasteiger partial charge in [0.1, 0.15) is 5.82 Å². The fraction of sp³-hybridized carbons (Fsp3) is 0.423. The molecule has 7 heteroatoms. The van der Waals surface area contributed by atoms with E-state index in [1.54, 1.807) is 22.8 Å². The van der Waals surface area contributed by atoms with Gasteiger partial charge in [0.15, 0.2) is 0 Å². The molecule has 5 rings (SSSR count). The number of halogens is 1. The first-order chi connectivity index (χ1) is 16.0. The van der Waals surface area contributed by atoms with Gasteiger partial charge in [0, 0.05) is 37.9 Å². The second kappa shape index (κ2) is 8.96. The van der Waals surface area contributed by atoms with Gasteiger partial charge in [-0.2, -0.15) is 5.10 Å². The molecular weight excluding hydrogens is 419 g/mol. The first-order valence-electron chi connectivity index (χ1n) is 11.8. The average molecular weight is 449 g/mol. The van der Waals surface area contributed by atoms with E-state index in [9.17, 15) is 14.0 Å². The Balaban J connectivity index is 1.29. The monoisotopic (exact) mass is 448 g/mol. The molecule has 33 heavy (non-hydrogen) atoms. The van der Waals surface area contributed by atoms with Gasteiger partial charge in [-0.25, -0.2) is 8.91 Å². The van der Waals surface area contributed by atoms with E-state index in [0.717, 1.165) is 44.3 Å². The summed E-state index contributed by atoms with van der Waals surface area (Å²) in [5, 5.41) is 4.40. The molecule has 0 unspecified atom stereocenters. The second-order valence-electron chi connectivity index (χ2n) is 9.40. The zero-order chi connectivity index (χ0) is 22.9. The molecule has 4 heterocycles. The van der Waals surface area contributed by atoms with Gasteiger partial charge in [-0.15, -0.1) is 0 Å². The molecule has 0 N–H and O–H groups in total. The molecule has 0 aliphatic carbocycles. The Morgan fingerprint density at radius 1 is 0.909 bits per heavy atom. The van der Waals surface area contributed by atoms with Crippen molar-refractivity contribution in [2.45, 2.75) is 38.5 Å². The fourth-order valence-corrected chi connectivity index (χ4v) is 4.99. The van der Waals surface area contributed by atoms with Crippen molar-refractivity contribution in [1.29, 1.82) is 0 Å². The number of pyridine rings is 1. The van der Waals surface area contributed by atoms with Gasteiger partial charge in [-0.3, -0.25) is 9.59 Å². The highest BCUT2D eigenvalue weighted by molar-refractivity contribution is 6.00. The number of benzene rings is 1. The highest BCUT2D eigenvalue weighted by atomic mass is 19.1. The van der Waals surface area contributed by atoms with Gasteiger partial charge in [0.2, 0.25) is 0 Å². The van der Waals surface area contributed by atoms with Crippen molar-refractivity contribution in [2.75, 3.05) is 26.2 Å². The normalized spacial score (nSPS) is 18.1. The highest BCUT2D eigenvalue weighted by Crippen LogP contribution is 2.30. The number of rotatable bonds is 3. The number of carbonyl (C=O) groups is 2. The van der Waals surface area contributed by atoms with Gasteiger partial charge in [0.25, 0.3) is 11.8 Å². The summed E-state index contributed by atoms with van der Waals surface area (Å²) < 4.78 is 14.9. The Hall–Kier alpha value is -3.22. The van der Waals surface area contributed by atoms with Crippen LogP contribution in [-0.2, 0) is 0 Å². The SMILES string of the molecule is CC1CCN(C(=O)c2cnn3ccc(C4CCN(C(=O)c5ccc(F)cc5)CC4)cc23)CC1. The van der Waals surface area contributed by atoms with E-state index in [1.165, 1.54) is 17.7 Å². The molecule has 2 saturated heterocycles. The van der Waals surface area contributed by atoms with Gasteiger partial charge in [-0.05, 0) is 79.5 Å². The minimum atomic E-state index is -0.340. The Bertz CT molecular complexity index is 1160. The third kappa shape index (κ3) is 4.36. The van der Waals surface area contributed by atoms with Gasteiger partial charge in [-0.1, -0.05) is 6.92 Å². The van der Waals surface area contributed by atoms with Crippen molar-refractivity contribution in [1.82, 2.24) is 19.4 Å². The molecule has 6 nitrogen and oxygen atoms in total. The Labute approximate surface area is 193 Å². The third-order valence-electron chi connectivity index (χ3n) is 7.19. The average Bonchev–Trinajstić information content (AvgIpc) is 3.27. The lowest BCUT2D eigenvalue weighted by atomic mass is 9.89. The van der Waals surface area contributed by atoms with Gasteiger partial charge < -0.3 is 9.80 Å². The molecule has 2 fully saturated rings. The van der Waals surface area contributed by atoms with Crippen LogP contribution in [0.15, 0.2) is 48.8 Å². The number of aromatic nitrogens is 2. The molecule has 0 spiro atoms. The molecule has 0 saturated carbocycles. The first-order valence-corrected chi connectivity index (χ1v) is 11.8. The van der Waals surface area contributed by atoms with Crippen molar-refractivity contribution in [3.05, 3.63) is 71.3 Å². The molecule has 3 aromatic rings. The summed E-state index contributed by atoms with van der Waals surface area (Å²) in [5.74, 6) is 0.664. The molecule has 172 valence electrons.